The molecule has 0 aliphatic carbocycles. The van der Waals surface area contributed by atoms with Crippen LogP contribution in [0, 0.1) is 0 Å². The van der Waals surface area contributed by atoms with Crippen molar-refractivity contribution in [3.63, 3.8) is 0 Å². The number of piperazine rings is 1. The first-order valence-electron chi connectivity index (χ1n) is 8.00. The SMILES string of the molecule is CC(C)N(CCS(=O)(=O)N1CCNCC1)S(=O)(=O)c1ccccc1. The third-order valence-corrected chi connectivity index (χ3v) is 7.90. The third kappa shape index (κ3) is 4.54. The van der Waals surface area contributed by atoms with Gasteiger partial charge >= 0.3 is 0 Å². The van der Waals surface area contributed by atoms with Gasteiger partial charge in [-0.3, -0.25) is 0 Å². The molecule has 0 saturated carbocycles. The lowest BCUT2D eigenvalue weighted by Gasteiger charge is -2.29. The number of rotatable bonds is 7. The molecule has 1 aliphatic rings. The Morgan fingerprint density at radius 1 is 1.08 bits per heavy atom. The minimum absolute atomic E-state index is 0.0544. The Morgan fingerprint density at radius 3 is 2.21 bits per heavy atom. The number of nitrogens with one attached hydrogen (secondary N) is 1. The van der Waals surface area contributed by atoms with Crippen LogP contribution in [-0.2, 0) is 20.0 Å². The fourth-order valence-electron chi connectivity index (χ4n) is 2.64. The summed E-state index contributed by atoms with van der Waals surface area (Å²) in [5.74, 6) is -0.211. The summed E-state index contributed by atoms with van der Waals surface area (Å²) in [7, 11) is -7.18. The van der Waals surface area contributed by atoms with Gasteiger partial charge < -0.3 is 5.32 Å². The van der Waals surface area contributed by atoms with Crippen LogP contribution in [0.5, 0.6) is 0 Å². The third-order valence-electron chi connectivity index (χ3n) is 3.96. The van der Waals surface area contributed by atoms with Crippen LogP contribution in [-0.4, -0.2) is 70.0 Å². The Hall–Kier alpha value is -1.00. The van der Waals surface area contributed by atoms with Crippen molar-refractivity contribution in [3.05, 3.63) is 30.3 Å². The maximum atomic E-state index is 12.8. The minimum Gasteiger partial charge on any atom is -0.314 e. The summed E-state index contributed by atoms with van der Waals surface area (Å²) < 4.78 is 53.1. The van der Waals surface area contributed by atoms with Gasteiger partial charge in [0.2, 0.25) is 20.0 Å². The highest BCUT2D eigenvalue weighted by atomic mass is 32.2. The molecule has 0 unspecified atom stereocenters. The standard InChI is InChI=1S/C15H25N3O4S2/c1-14(2)18(24(21,22)15-6-4-3-5-7-15)12-13-23(19,20)17-10-8-16-9-11-17/h3-7,14,16H,8-13H2,1-2H3. The summed E-state index contributed by atoms with van der Waals surface area (Å²) in [6, 6.07) is 7.78. The second kappa shape index (κ2) is 7.92. The zero-order chi connectivity index (χ0) is 17.8. The fraction of sp³-hybridized carbons (Fsp3) is 0.600. The van der Waals surface area contributed by atoms with Gasteiger partial charge in [0.1, 0.15) is 0 Å². The van der Waals surface area contributed by atoms with Crippen molar-refractivity contribution in [1.29, 1.82) is 0 Å². The molecule has 1 aliphatic heterocycles. The Bertz CT molecular complexity index is 727. The lowest BCUT2D eigenvalue weighted by atomic mass is 10.4. The van der Waals surface area contributed by atoms with Gasteiger partial charge in [0.05, 0.1) is 10.6 Å². The fourth-order valence-corrected chi connectivity index (χ4v) is 5.84. The Morgan fingerprint density at radius 2 is 1.67 bits per heavy atom. The average molecular weight is 376 g/mol. The van der Waals surface area contributed by atoms with Crippen LogP contribution in [0.1, 0.15) is 13.8 Å². The predicted molar refractivity (Wildman–Crippen MR) is 93.7 cm³/mol. The quantitative estimate of drug-likeness (QED) is 0.742. The molecule has 1 aromatic carbocycles. The van der Waals surface area contributed by atoms with E-state index in [9.17, 15) is 16.8 Å². The zero-order valence-electron chi connectivity index (χ0n) is 14.1. The molecule has 1 N–H and O–H groups in total. The van der Waals surface area contributed by atoms with Crippen LogP contribution in [0.25, 0.3) is 0 Å². The van der Waals surface area contributed by atoms with Gasteiger partial charge in [-0.05, 0) is 26.0 Å². The first kappa shape index (κ1) is 19.3. The van der Waals surface area contributed by atoms with E-state index in [4.69, 9.17) is 0 Å². The highest BCUT2D eigenvalue weighted by Crippen LogP contribution is 2.18. The van der Waals surface area contributed by atoms with E-state index in [1.807, 2.05) is 0 Å². The molecule has 1 heterocycles. The topological polar surface area (TPSA) is 86.8 Å². The lowest BCUT2D eigenvalue weighted by molar-refractivity contribution is 0.346. The van der Waals surface area contributed by atoms with Crippen molar-refractivity contribution >= 4 is 20.0 Å². The van der Waals surface area contributed by atoms with Gasteiger partial charge in [0, 0.05) is 38.8 Å². The zero-order valence-corrected chi connectivity index (χ0v) is 15.7. The molecule has 0 spiro atoms. The van der Waals surface area contributed by atoms with E-state index in [-0.39, 0.29) is 23.2 Å². The number of hydrogen-bond donors (Lipinski definition) is 1. The first-order chi connectivity index (χ1) is 11.2. The lowest BCUT2D eigenvalue weighted by Crippen LogP contribution is -2.49. The molecule has 9 heteroatoms. The van der Waals surface area contributed by atoms with E-state index < -0.39 is 20.0 Å². The summed E-state index contributed by atoms with van der Waals surface area (Å²) in [6.45, 7) is 5.53. The molecule has 0 aromatic heterocycles. The summed E-state index contributed by atoms with van der Waals surface area (Å²) >= 11 is 0. The molecule has 2 rings (SSSR count). The molecule has 1 aromatic rings. The molecular weight excluding hydrogens is 350 g/mol. The van der Waals surface area contributed by atoms with E-state index in [0.717, 1.165) is 0 Å². The molecular formula is C15H25N3O4S2. The van der Waals surface area contributed by atoms with Crippen LogP contribution in [0.2, 0.25) is 0 Å². The number of hydrogen-bond acceptors (Lipinski definition) is 5. The van der Waals surface area contributed by atoms with E-state index in [1.54, 1.807) is 32.0 Å². The second-order valence-corrected chi connectivity index (χ2v) is 9.97. The molecule has 0 radical (unpaired) electrons. The molecule has 0 amide bonds. The summed E-state index contributed by atoms with van der Waals surface area (Å²) in [5.41, 5.74) is 0. The van der Waals surface area contributed by atoms with Crippen LogP contribution in [0.3, 0.4) is 0 Å². The Balaban J connectivity index is 2.14. The maximum Gasteiger partial charge on any atom is 0.243 e. The molecule has 0 atom stereocenters. The molecule has 0 bridgehead atoms. The van der Waals surface area contributed by atoms with Crippen molar-refractivity contribution in [1.82, 2.24) is 13.9 Å². The van der Waals surface area contributed by atoms with Crippen LogP contribution in [0.4, 0.5) is 0 Å². The number of sulfonamides is 2. The minimum atomic E-state index is -3.72. The molecule has 24 heavy (non-hydrogen) atoms. The number of nitrogens with zero attached hydrogens (tertiary/aromatic N) is 2. The monoisotopic (exact) mass is 375 g/mol. The molecule has 1 fully saturated rings. The van der Waals surface area contributed by atoms with Crippen molar-refractivity contribution in [2.75, 3.05) is 38.5 Å². The van der Waals surface area contributed by atoms with Crippen molar-refractivity contribution in [2.24, 2.45) is 0 Å². The van der Waals surface area contributed by atoms with Gasteiger partial charge in [-0.25, -0.2) is 16.8 Å². The van der Waals surface area contributed by atoms with E-state index >= 15 is 0 Å². The highest BCUT2D eigenvalue weighted by Gasteiger charge is 2.30. The van der Waals surface area contributed by atoms with Gasteiger partial charge in [0.25, 0.3) is 0 Å². The first-order valence-corrected chi connectivity index (χ1v) is 11.1. The summed E-state index contributed by atoms with van der Waals surface area (Å²) in [4.78, 5) is 0.179. The van der Waals surface area contributed by atoms with E-state index in [0.29, 0.717) is 26.2 Å². The highest BCUT2D eigenvalue weighted by molar-refractivity contribution is 7.90. The normalized spacial score (nSPS) is 17.5. The molecule has 7 nitrogen and oxygen atoms in total. The molecule has 1 saturated heterocycles. The van der Waals surface area contributed by atoms with E-state index in [1.165, 1.54) is 20.7 Å². The Labute approximate surface area is 144 Å². The van der Waals surface area contributed by atoms with E-state index in [2.05, 4.69) is 5.32 Å². The molecule has 136 valence electrons. The van der Waals surface area contributed by atoms with Crippen LogP contribution >= 0.6 is 0 Å². The van der Waals surface area contributed by atoms with Gasteiger partial charge in [0.15, 0.2) is 0 Å². The van der Waals surface area contributed by atoms with Crippen molar-refractivity contribution < 1.29 is 16.8 Å². The maximum absolute atomic E-state index is 12.8. The van der Waals surface area contributed by atoms with Crippen molar-refractivity contribution in [3.8, 4) is 0 Å². The van der Waals surface area contributed by atoms with Gasteiger partial charge in [-0.2, -0.15) is 8.61 Å². The van der Waals surface area contributed by atoms with Crippen LogP contribution < -0.4 is 5.32 Å². The van der Waals surface area contributed by atoms with Gasteiger partial charge in [-0.1, -0.05) is 18.2 Å². The summed E-state index contributed by atoms with van der Waals surface area (Å²) in [6.07, 6.45) is 0. The predicted octanol–water partition coefficient (Wildman–Crippen LogP) is 0.321. The van der Waals surface area contributed by atoms with Crippen molar-refractivity contribution in [2.45, 2.75) is 24.8 Å². The number of benzene rings is 1. The average Bonchev–Trinajstić information content (AvgIpc) is 2.56. The van der Waals surface area contributed by atoms with Crippen LogP contribution in [0.15, 0.2) is 35.2 Å². The smallest absolute Gasteiger partial charge is 0.243 e. The van der Waals surface area contributed by atoms with Gasteiger partial charge in [-0.15, -0.1) is 0 Å². The Kier molecular flexibility index (Phi) is 6.38. The summed E-state index contributed by atoms with van der Waals surface area (Å²) in [5, 5.41) is 3.10. The second-order valence-electron chi connectivity index (χ2n) is 5.99. The largest absolute Gasteiger partial charge is 0.314 e.